The van der Waals surface area contributed by atoms with Crippen LogP contribution in [0.3, 0.4) is 0 Å². The monoisotopic (exact) mass is 436 g/mol. The van der Waals surface area contributed by atoms with Crippen molar-refractivity contribution in [2.24, 2.45) is 12.0 Å². The summed E-state index contributed by atoms with van der Waals surface area (Å²) in [6.45, 7) is 5.72. The van der Waals surface area contributed by atoms with E-state index in [0.717, 1.165) is 29.5 Å². The Bertz CT molecular complexity index is 1000. The minimum absolute atomic E-state index is 0.0668. The summed E-state index contributed by atoms with van der Waals surface area (Å²) in [6.07, 6.45) is 0.841. The van der Waals surface area contributed by atoms with Crippen LogP contribution in [0.1, 0.15) is 36.6 Å². The van der Waals surface area contributed by atoms with E-state index in [1.165, 1.54) is 5.56 Å². The minimum atomic E-state index is 0.0668. The Morgan fingerprint density at radius 2 is 1.91 bits per heavy atom. The second-order valence-electron chi connectivity index (χ2n) is 7.51. The lowest BCUT2D eigenvalue weighted by Gasteiger charge is -2.19. The van der Waals surface area contributed by atoms with E-state index >= 15 is 0 Å². The molecule has 2 N–H and O–H groups in total. The molecule has 1 aromatic heterocycles. The topological polar surface area (TPSA) is 85.6 Å². The van der Waals surface area contributed by atoms with Gasteiger partial charge >= 0.3 is 0 Å². The van der Waals surface area contributed by atoms with Gasteiger partial charge in [0.25, 0.3) is 0 Å². The standard InChI is InChI=1S/C24H32N6O2/c1-18(20-10-6-5-7-11-20)26-24(25-17-23-29-28-19(2)30(23)3)27-21-12-8-13-22(16-21)32-15-9-14-31-4/h5-8,10-13,16,18H,9,14-15,17H2,1-4H3,(H2,25,26,27). The molecule has 0 saturated heterocycles. The highest BCUT2D eigenvalue weighted by molar-refractivity contribution is 5.94. The van der Waals surface area contributed by atoms with E-state index < -0.39 is 0 Å². The van der Waals surface area contributed by atoms with Crippen LogP contribution < -0.4 is 15.4 Å². The molecule has 1 atom stereocenters. The van der Waals surface area contributed by atoms with Crippen LogP contribution in [0.5, 0.6) is 5.75 Å². The van der Waals surface area contributed by atoms with E-state index in [9.17, 15) is 0 Å². The van der Waals surface area contributed by atoms with Crippen LogP contribution in [0, 0.1) is 6.92 Å². The number of aliphatic imine (C=N–C) groups is 1. The average molecular weight is 437 g/mol. The summed E-state index contributed by atoms with van der Waals surface area (Å²) < 4.78 is 12.8. The highest BCUT2D eigenvalue weighted by Crippen LogP contribution is 2.18. The molecule has 32 heavy (non-hydrogen) atoms. The van der Waals surface area contributed by atoms with E-state index in [1.54, 1.807) is 7.11 Å². The molecule has 0 radical (unpaired) electrons. The number of aryl methyl sites for hydroxylation is 1. The molecule has 3 aromatic rings. The molecule has 1 unspecified atom stereocenters. The molecule has 8 nitrogen and oxygen atoms in total. The van der Waals surface area contributed by atoms with Crippen molar-refractivity contribution in [3.05, 3.63) is 71.8 Å². The van der Waals surface area contributed by atoms with Gasteiger partial charge in [0.05, 0.1) is 12.6 Å². The van der Waals surface area contributed by atoms with Crippen molar-refractivity contribution in [2.75, 3.05) is 25.6 Å². The molecule has 0 spiro atoms. The molecule has 8 heteroatoms. The molecule has 0 fully saturated rings. The number of nitrogens with one attached hydrogen (secondary N) is 2. The Hall–Kier alpha value is -3.39. The maximum absolute atomic E-state index is 5.83. The van der Waals surface area contributed by atoms with Crippen LogP contribution >= 0.6 is 0 Å². The van der Waals surface area contributed by atoms with Gasteiger partial charge in [0, 0.05) is 38.9 Å². The first-order valence-electron chi connectivity index (χ1n) is 10.8. The third-order valence-electron chi connectivity index (χ3n) is 5.07. The minimum Gasteiger partial charge on any atom is -0.493 e. The molecule has 1 heterocycles. The number of ether oxygens (including phenoxy) is 2. The van der Waals surface area contributed by atoms with E-state index in [0.29, 0.717) is 25.7 Å². The van der Waals surface area contributed by atoms with Gasteiger partial charge in [-0.3, -0.25) is 0 Å². The Labute approximate surface area is 189 Å². The van der Waals surface area contributed by atoms with Gasteiger partial charge in [0.1, 0.15) is 18.1 Å². The number of nitrogens with zero attached hydrogens (tertiary/aromatic N) is 4. The second kappa shape index (κ2) is 11.9. The molecule has 0 saturated carbocycles. The largest absolute Gasteiger partial charge is 0.493 e. The lowest BCUT2D eigenvalue weighted by atomic mass is 10.1. The Morgan fingerprint density at radius 1 is 1.09 bits per heavy atom. The third-order valence-corrected chi connectivity index (χ3v) is 5.07. The highest BCUT2D eigenvalue weighted by Gasteiger charge is 2.10. The van der Waals surface area contributed by atoms with Crippen molar-refractivity contribution in [1.82, 2.24) is 20.1 Å². The highest BCUT2D eigenvalue weighted by atomic mass is 16.5. The zero-order valence-electron chi connectivity index (χ0n) is 19.2. The van der Waals surface area contributed by atoms with E-state index in [-0.39, 0.29) is 6.04 Å². The number of hydrogen-bond donors (Lipinski definition) is 2. The number of aromatic nitrogens is 3. The maximum atomic E-state index is 5.83. The van der Waals surface area contributed by atoms with Crippen LogP contribution in [0.25, 0.3) is 0 Å². The molecule has 3 rings (SSSR count). The van der Waals surface area contributed by atoms with E-state index in [2.05, 4.69) is 39.9 Å². The van der Waals surface area contributed by atoms with E-state index in [1.807, 2.05) is 61.0 Å². The molecule has 2 aromatic carbocycles. The summed E-state index contributed by atoms with van der Waals surface area (Å²) in [7, 11) is 3.63. The van der Waals surface area contributed by atoms with Crippen molar-refractivity contribution in [3.63, 3.8) is 0 Å². The lowest BCUT2D eigenvalue weighted by molar-refractivity contribution is 0.172. The zero-order valence-corrected chi connectivity index (χ0v) is 19.2. The number of methoxy groups -OCH3 is 1. The Morgan fingerprint density at radius 3 is 2.62 bits per heavy atom. The fourth-order valence-corrected chi connectivity index (χ4v) is 3.08. The summed E-state index contributed by atoms with van der Waals surface area (Å²) in [5.74, 6) is 3.10. The quantitative estimate of drug-likeness (QED) is 0.285. The first-order chi connectivity index (χ1) is 15.6. The predicted molar refractivity (Wildman–Crippen MR) is 127 cm³/mol. The van der Waals surface area contributed by atoms with Gasteiger partial charge in [-0.2, -0.15) is 0 Å². The first kappa shape index (κ1) is 23.3. The van der Waals surface area contributed by atoms with Crippen molar-refractivity contribution in [3.8, 4) is 5.75 Å². The van der Waals surface area contributed by atoms with Crippen molar-refractivity contribution in [1.29, 1.82) is 0 Å². The summed E-state index contributed by atoms with van der Waals surface area (Å²) in [6, 6.07) is 18.2. The molecular formula is C24H32N6O2. The van der Waals surface area contributed by atoms with Crippen LogP contribution in [0.15, 0.2) is 59.6 Å². The molecular weight excluding hydrogens is 404 g/mol. The van der Waals surface area contributed by atoms with Crippen LogP contribution in [0.2, 0.25) is 0 Å². The fraction of sp³-hybridized carbons (Fsp3) is 0.375. The fourth-order valence-electron chi connectivity index (χ4n) is 3.08. The number of guanidine groups is 1. The molecule has 0 aliphatic heterocycles. The average Bonchev–Trinajstić information content (AvgIpc) is 3.13. The van der Waals surface area contributed by atoms with Crippen LogP contribution in [-0.2, 0) is 18.3 Å². The molecule has 0 amide bonds. The Balaban J connectivity index is 1.74. The maximum Gasteiger partial charge on any atom is 0.196 e. The van der Waals surface area contributed by atoms with Crippen molar-refractivity contribution in [2.45, 2.75) is 32.9 Å². The lowest BCUT2D eigenvalue weighted by Crippen LogP contribution is -2.33. The van der Waals surface area contributed by atoms with Crippen molar-refractivity contribution >= 4 is 11.6 Å². The molecule has 0 bridgehead atoms. The van der Waals surface area contributed by atoms with Gasteiger partial charge in [-0.15, -0.1) is 10.2 Å². The summed E-state index contributed by atoms with van der Waals surface area (Å²) in [4.78, 5) is 4.76. The summed E-state index contributed by atoms with van der Waals surface area (Å²) in [5, 5.41) is 15.2. The zero-order chi connectivity index (χ0) is 22.8. The summed E-state index contributed by atoms with van der Waals surface area (Å²) in [5.41, 5.74) is 2.06. The summed E-state index contributed by atoms with van der Waals surface area (Å²) >= 11 is 0. The van der Waals surface area contributed by atoms with Crippen molar-refractivity contribution < 1.29 is 9.47 Å². The van der Waals surface area contributed by atoms with Gasteiger partial charge in [-0.1, -0.05) is 36.4 Å². The SMILES string of the molecule is COCCCOc1cccc(NC(=NCc2nnc(C)n2C)NC(C)c2ccccc2)c1. The van der Waals surface area contributed by atoms with Crippen LogP contribution in [-0.4, -0.2) is 41.0 Å². The smallest absolute Gasteiger partial charge is 0.196 e. The molecule has 170 valence electrons. The van der Waals surface area contributed by atoms with Gasteiger partial charge in [0.2, 0.25) is 0 Å². The molecule has 0 aliphatic carbocycles. The van der Waals surface area contributed by atoms with Gasteiger partial charge in [0.15, 0.2) is 11.8 Å². The van der Waals surface area contributed by atoms with Gasteiger partial charge < -0.3 is 24.7 Å². The number of hydrogen-bond acceptors (Lipinski definition) is 5. The predicted octanol–water partition coefficient (Wildman–Crippen LogP) is 3.86. The first-order valence-corrected chi connectivity index (χ1v) is 10.8. The van der Waals surface area contributed by atoms with Gasteiger partial charge in [-0.25, -0.2) is 4.99 Å². The normalized spacial score (nSPS) is 12.4. The Kier molecular flexibility index (Phi) is 8.62. The van der Waals surface area contributed by atoms with Crippen LogP contribution in [0.4, 0.5) is 5.69 Å². The number of rotatable bonds is 10. The number of anilines is 1. The van der Waals surface area contributed by atoms with E-state index in [4.69, 9.17) is 14.5 Å². The third kappa shape index (κ3) is 6.81. The van der Waals surface area contributed by atoms with Gasteiger partial charge in [-0.05, 0) is 31.5 Å². The number of benzene rings is 2. The second-order valence-corrected chi connectivity index (χ2v) is 7.51. The molecule has 0 aliphatic rings.